The summed E-state index contributed by atoms with van der Waals surface area (Å²) in [6, 6.07) is 22.0. The number of thioether (sulfide) groups is 1. The molecule has 2 aromatic carbocycles. The van der Waals surface area contributed by atoms with Crippen LogP contribution in [0.3, 0.4) is 0 Å². The number of carbonyl (C=O) groups is 1. The Labute approximate surface area is 201 Å². The van der Waals surface area contributed by atoms with Crippen LogP contribution >= 0.6 is 23.1 Å². The average molecular weight is 477 g/mol. The highest BCUT2D eigenvalue weighted by Gasteiger charge is 2.31. The van der Waals surface area contributed by atoms with Crippen LogP contribution in [0.25, 0.3) is 10.7 Å². The summed E-state index contributed by atoms with van der Waals surface area (Å²) in [5, 5.41) is 14.4. The van der Waals surface area contributed by atoms with Gasteiger partial charge in [-0.15, -0.1) is 21.5 Å². The zero-order chi connectivity index (χ0) is 22.6. The van der Waals surface area contributed by atoms with Gasteiger partial charge in [0, 0.05) is 11.7 Å². The fourth-order valence-corrected chi connectivity index (χ4v) is 5.05. The van der Waals surface area contributed by atoms with Gasteiger partial charge in [0.1, 0.15) is 12.4 Å². The Morgan fingerprint density at radius 1 is 1.12 bits per heavy atom. The van der Waals surface area contributed by atoms with Crippen molar-refractivity contribution in [3.8, 4) is 16.5 Å². The van der Waals surface area contributed by atoms with Crippen LogP contribution in [0.1, 0.15) is 31.4 Å². The van der Waals surface area contributed by atoms with Gasteiger partial charge in [-0.3, -0.25) is 9.36 Å². The number of benzene rings is 2. The Hall–Kier alpha value is -3.10. The van der Waals surface area contributed by atoms with Crippen LogP contribution in [0.2, 0.25) is 0 Å². The molecule has 1 saturated carbocycles. The minimum absolute atomic E-state index is 0.0685. The Morgan fingerprint density at radius 3 is 2.61 bits per heavy atom. The van der Waals surface area contributed by atoms with Gasteiger partial charge >= 0.3 is 0 Å². The van der Waals surface area contributed by atoms with E-state index in [0.717, 1.165) is 45.7 Å². The number of nitrogens with zero attached hydrogens (tertiary/aromatic N) is 3. The molecule has 2 heterocycles. The second kappa shape index (κ2) is 9.80. The quantitative estimate of drug-likeness (QED) is 0.298. The highest BCUT2D eigenvalue weighted by atomic mass is 32.2. The van der Waals surface area contributed by atoms with Crippen molar-refractivity contribution in [3.63, 3.8) is 0 Å². The van der Waals surface area contributed by atoms with E-state index in [2.05, 4.69) is 26.1 Å². The number of anilines is 1. The van der Waals surface area contributed by atoms with Crippen LogP contribution in [0.15, 0.2) is 77.3 Å². The SMILES string of the molecule is CC(Sc1nnc(-c2cccs2)n1C1CC1)C(=O)Nc1ccc(OCc2ccccc2)cc1. The second-order valence-electron chi connectivity index (χ2n) is 7.93. The summed E-state index contributed by atoms with van der Waals surface area (Å²) in [7, 11) is 0. The molecule has 0 aliphatic heterocycles. The fourth-order valence-electron chi connectivity index (χ4n) is 3.42. The fraction of sp³-hybridized carbons (Fsp3) is 0.240. The van der Waals surface area contributed by atoms with E-state index < -0.39 is 0 Å². The smallest absolute Gasteiger partial charge is 0.237 e. The van der Waals surface area contributed by atoms with Crippen molar-refractivity contribution in [2.45, 2.75) is 42.8 Å². The lowest BCUT2D eigenvalue weighted by molar-refractivity contribution is -0.115. The number of amides is 1. The van der Waals surface area contributed by atoms with E-state index in [4.69, 9.17) is 4.74 Å². The lowest BCUT2D eigenvalue weighted by atomic mass is 10.2. The number of carbonyl (C=O) groups excluding carboxylic acids is 1. The van der Waals surface area contributed by atoms with Crippen molar-refractivity contribution in [1.82, 2.24) is 14.8 Å². The number of hydrogen-bond donors (Lipinski definition) is 1. The number of nitrogens with one attached hydrogen (secondary N) is 1. The molecule has 0 radical (unpaired) electrons. The van der Waals surface area contributed by atoms with Crippen LogP contribution in [0, 0.1) is 0 Å². The molecule has 6 nitrogen and oxygen atoms in total. The summed E-state index contributed by atoms with van der Waals surface area (Å²) in [6.07, 6.45) is 2.26. The second-order valence-corrected chi connectivity index (χ2v) is 10.2. The summed E-state index contributed by atoms with van der Waals surface area (Å²) in [5.41, 5.74) is 1.85. The van der Waals surface area contributed by atoms with E-state index in [1.54, 1.807) is 11.3 Å². The third-order valence-electron chi connectivity index (χ3n) is 5.34. The minimum atomic E-state index is -0.308. The van der Waals surface area contributed by atoms with Gasteiger partial charge in [-0.05, 0) is 61.0 Å². The first-order valence-electron chi connectivity index (χ1n) is 10.9. The van der Waals surface area contributed by atoms with Crippen molar-refractivity contribution in [2.24, 2.45) is 0 Å². The maximum absolute atomic E-state index is 12.8. The molecular weight excluding hydrogens is 452 g/mol. The van der Waals surface area contributed by atoms with E-state index in [0.29, 0.717) is 12.6 Å². The number of ether oxygens (including phenoxy) is 1. The summed E-state index contributed by atoms with van der Waals surface area (Å²) in [4.78, 5) is 13.9. The van der Waals surface area contributed by atoms with E-state index >= 15 is 0 Å². The summed E-state index contributed by atoms with van der Waals surface area (Å²) in [5.74, 6) is 1.59. The Morgan fingerprint density at radius 2 is 1.91 bits per heavy atom. The van der Waals surface area contributed by atoms with E-state index in [1.807, 2.05) is 73.0 Å². The maximum Gasteiger partial charge on any atom is 0.237 e. The van der Waals surface area contributed by atoms with Gasteiger partial charge in [0.2, 0.25) is 5.91 Å². The third kappa shape index (κ3) is 5.29. The van der Waals surface area contributed by atoms with Crippen LogP contribution in [0.5, 0.6) is 5.75 Å². The summed E-state index contributed by atoms with van der Waals surface area (Å²) < 4.78 is 8.01. The summed E-state index contributed by atoms with van der Waals surface area (Å²) >= 11 is 3.11. The zero-order valence-electron chi connectivity index (χ0n) is 18.2. The van der Waals surface area contributed by atoms with E-state index in [1.165, 1.54) is 11.8 Å². The molecule has 4 aromatic rings. The predicted octanol–water partition coefficient (Wildman–Crippen LogP) is 6.04. The van der Waals surface area contributed by atoms with Gasteiger partial charge in [0.15, 0.2) is 11.0 Å². The molecule has 33 heavy (non-hydrogen) atoms. The molecule has 0 spiro atoms. The van der Waals surface area contributed by atoms with Crippen LogP contribution in [-0.4, -0.2) is 25.9 Å². The molecule has 0 saturated heterocycles. The van der Waals surface area contributed by atoms with Crippen LogP contribution in [-0.2, 0) is 11.4 Å². The average Bonchev–Trinajstić information content (AvgIpc) is 3.36. The lowest BCUT2D eigenvalue weighted by Crippen LogP contribution is -2.22. The largest absolute Gasteiger partial charge is 0.489 e. The standard InChI is InChI=1S/C25H24N4O2S2/c1-17(33-25-28-27-23(22-8-5-15-32-22)29(25)20-11-12-20)24(30)26-19-9-13-21(14-10-19)31-16-18-6-3-2-4-7-18/h2-10,13-15,17,20H,11-12,16H2,1H3,(H,26,30). The molecule has 1 amide bonds. The Bertz CT molecular complexity index is 1200. The molecule has 8 heteroatoms. The van der Waals surface area contributed by atoms with Gasteiger partial charge in [-0.2, -0.15) is 0 Å². The predicted molar refractivity (Wildman–Crippen MR) is 133 cm³/mol. The first-order valence-corrected chi connectivity index (χ1v) is 12.7. The minimum Gasteiger partial charge on any atom is -0.489 e. The number of thiophene rings is 1. The molecule has 5 rings (SSSR count). The highest BCUT2D eigenvalue weighted by molar-refractivity contribution is 8.00. The third-order valence-corrected chi connectivity index (χ3v) is 7.26. The van der Waals surface area contributed by atoms with Crippen LogP contribution < -0.4 is 10.1 Å². The molecule has 1 atom stereocenters. The normalized spacial score (nSPS) is 14.1. The molecule has 1 unspecified atom stereocenters. The molecule has 2 aromatic heterocycles. The maximum atomic E-state index is 12.8. The molecule has 1 fully saturated rings. The van der Waals surface area contributed by atoms with Crippen molar-refractivity contribution in [1.29, 1.82) is 0 Å². The van der Waals surface area contributed by atoms with Gasteiger partial charge in [-0.25, -0.2) is 0 Å². The highest BCUT2D eigenvalue weighted by Crippen LogP contribution is 2.42. The van der Waals surface area contributed by atoms with E-state index in [-0.39, 0.29) is 11.2 Å². The molecule has 1 aliphatic rings. The zero-order valence-corrected chi connectivity index (χ0v) is 19.8. The van der Waals surface area contributed by atoms with Crippen molar-refractivity contribution in [3.05, 3.63) is 77.7 Å². The number of aromatic nitrogens is 3. The monoisotopic (exact) mass is 476 g/mol. The topological polar surface area (TPSA) is 69.0 Å². The van der Waals surface area contributed by atoms with Gasteiger partial charge in [0.25, 0.3) is 0 Å². The Balaban J connectivity index is 1.19. The first-order chi connectivity index (χ1) is 16.2. The molecule has 0 bridgehead atoms. The molecule has 168 valence electrons. The Kier molecular flexibility index (Phi) is 6.46. The summed E-state index contributed by atoms with van der Waals surface area (Å²) in [6.45, 7) is 2.41. The van der Waals surface area contributed by atoms with Crippen molar-refractivity contribution >= 4 is 34.7 Å². The van der Waals surface area contributed by atoms with Gasteiger partial charge in [0.05, 0.1) is 10.1 Å². The number of hydrogen-bond acceptors (Lipinski definition) is 6. The lowest BCUT2D eigenvalue weighted by Gasteiger charge is -2.13. The van der Waals surface area contributed by atoms with Crippen molar-refractivity contribution < 1.29 is 9.53 Å². The molecule has 1 aliphatic carbocycles. The van der Waals surface area contributed by atoms with E-state index in [9.17, 15) is 4.79 Å². The van der Waals surface area contributed by atoms with Crippen molar-refractivity contribution in [2.75, 3.05) is 5.32 Å². The molecule has 1 N–H and O–H groups in total. The first kappa shape index (κ1) is 21.7. The van der Waals surface area contributed by atoms with Gasteiger partial charge < -0.3 is 10.1 Å². The molecular formula is C25H24N4O2S2. The van der Waals surface area contributed by atoms with Crippen LogP contribution in [0.4, 0.5) is 5.69 Å². The van der Waals surface area contributed by atoms with Gasteiger partial charge in [-0.1, -0.05) is 48.2 Å². The number of rotatable bonds is 9.